The molecule has 0 radical (unpaired) electrons. The van der Waals surface area contributed by atoms with Crippen LogP contribution in [-0.2, 0) is 0 Å². The topological polar surface area (TPSA) is 88.1 Å². The van der Waals surface area contributed by atoms with E-state index in [0.717, 1.165) is 0 Å². The number of aromatic nitrogens is 1. The van der Waals surface area contributed by atoms with Crippen molar-refractivity contribution in [2.75, 3.05) is 5.32 Å². The minimum Gasteiger partial charge on any atom is -0.463 e. The Bertz CT molecular complexity index is 1140. The van der Waals surface area contributed by atoms with Crippen molar-refractivity contribution in [2.24, 2.45) is 0 Å². The number of nitrogens with zero attached hydrogens (tertiary/aromatic N) is 2. The van der Waals surface area contributed by atoms with Gasteiger partial charge in [0.25, 0.3) is 5.91 Å². The molecule has 0 unspecified atom stereocenters. The molecule has 0 fully saturated rings. The molecular formula is C21H13N3O3S. The van der Waals surface area contributed by atoms with Crippen LogP contribution in [0.4, 0.5) is 5.13 Å². The van der Waals surface area contributed by atoms with E-state index in [2.05, 4.69) is 16.4 Å². The fourth-order valence-electron chi connectivity index (χ4n) is 2.47. The standard InChI is InChI=1S/C21H13N3O3S/c22-12-14-6-8-16(9-7-14)27-17-4-1-3-15(11-17)20(25)24-21-23-18(13-28-21)19-5-2-10-26-19/h1-11,13H,(H,23,24,25). The number of anilines is 1. The van der Waals surface area contributed by atoms with Gasteiger partial charge in [0.1, 0.15) is 17.2 Å². The number of carbonyl (C=O) groups excluding carboxylic acids is 1. The maximum atomic E-state index is 12.5. The molecule has 0 aliphatic carbocycles. The van der Waals surface area contributed by atoms with Crippen molar-refractivity contribution in [1.82, 2.24) is 4.98 Å². The number of hydrogen-bond donors (Lipinski definition) is 1. The zero-order valence-electron chi connectivity index (χ0n) is 14.5. The second-order valence-corrected chi connectivity index (χ2v) is 6.59. The Morgan fingerprint density at radius 3 is 2.71 bits per heavy atom. The number of nitrogens with one attached hydrogen (secondary N) is 1. The van der Waals surface area contributed by atoms with E-state index < -0.39 is 0 Å². The van der Waals surface area contributed by atoms with Gasteiger partial charge in [0.05, 0.1) is 17.9 Å². The van der Waals surface area contributed by atoms with Crippen LogP contribution >= 0.6 is 11.3 Å². The van der Waals surface area contributed by atoms with Gasteiger partial charge in [0.15, 0.2) is 10.9 Å². The number of amides is 1. The molecule has 0 saturated heterocycles. The predicted molar refractivity (Wildman–Crippen MR) is 105 cm³/mol. The Kier molecular flexibility index (Phi) is 4.87. The number of furan rings is 1. The van der Waals surface area contributed by atoms with Crippen LogP contribution in [0.3, 0.4) is 0 Å². The van der Waals surface area contributed by atoms with Crippen molar-refractivity contribution >= 4 is 22.4 Å². The lowest BCUT2D eigenvalue weighted by atomic mass is 10.2. The summed E-state index contributed by atoms with van der Waals surface area (Å²) in [5, 5.41) is 13.9. The molecule has 4 rings (SSSR count). The molecule has 0 saturated carbocycles. The first-order valence-corrected chi connectivity index (χ1v) is 9.18. The van der Waals surface area contributed by atoms with E-state index >= 15 is 0 Å². The molecule has 0 aliphatic rings. The monoisotopic (exact) mass is 387 g/mol. The third-order valence-corrected chi connectivity index (χ3v) is 4.57. The first kappa shape index (κ1) is 17.5. The fourth-order valence-corrected chi connectivity index (χ4v) is 3.17. The van der Waals surface area contributed by atoms with Gasteiger partial charge in [0, 0.05) is 10.9 Å². The van der Waals surface area contributed by atoms with Crippen LogP contribution in [0.15, 0.2) is 76.7 Å². The molecule has 0 aliphatic heterocycles. The molecule has 2 aromatic carbocycles. The highest BCUT2D eigenvalue weighted by atomic mass is 32.1. The minimum absolute atomic E-state index is 0.286. The fraction of sp³-hybridized carbons (Fsp3) is 0. The highest BCUT2D eigenvalue weighted by Gasteiger charge is 2.12. The SMILES string of the molecule is N#Cc1ccc(Oc2cccc(C(=O)Nc3nc(-c4ccco4)cs3)c2)cc1. The van der Waals surface area contributed by atoms with Gasteiger partial charge in [-0.25, -0.2) is 4.98 Å². The van der Waals surface area contributed by atoms with Gasteiger partial charge in [-0.05, 0) is 54.6 Å². The van der Waals surface area contributed by atoms with Crippen LogP contribution in [0.5, 0.6) is 11.5 Å². The molecule has 2 heterocycles. The summed E-state index contributed by atoms with van der Waals surface area (Å²) in [6.45, 7) is 0. The van der Waals surface area contributed by atoms with E-state index in [1.807, 2.05) is 11.4 Å². The molecule has 4 aromatic rings. The highest BCUT2D eigenvalue weighted by Crippen LogP contribution is 2.26. The summed E-state index contributed by atoms with van der Waals surface area (Å²) in [6.07, 6.45) is 1.58. The maximum absolute atomic E-state index is 12.5. The molecule has 28 heavy (non-hydrogen) atoms. The van der Waals surface area contributed by atoms with Crippen LogP contribution in [-0.4, -0.2) is 10.9 Å². The van der Waals surface area contributed by atoms with E-state index in [9.17, 15) is 4.79 Å². The van der Waals surface area contributed by atoms with E-state index in [1.54, 1.807) is 60.9 Å². The summed E-state index contributed by atoms with van der Waals surface area (Å²) >= 11 is 1.32. The Balaban J connectivity index is 1.46. The lowest BCUT2D eigenvalue weighted by Crippen LogP contribution is -2.11. The lowest BCUT2D eigenvalue weighted by Gasteiger charge is -2.07. The average Bonchev–Trinajstić information content (AvgIpc) is 3.40. The second-order valence-electron chi connectivity index (χ2n) is 5.74. The van der Waals surface area contributed by atoms with Crippen LogP contribution in [0, 0.1) is 11.3 Å². The first-order chi connectivity index (χ1) is 13.7. The molecule has 0 atom stereocenters. The number of carbonyl (C=O) groups is 1. The van der Waals surface area contributed by atoms with Crippen LogP contribution in [0.25, 0.3) is 11.5 Å². The normalized spacial score (nSPS) is 10.2. The summed E-state index contributed by atoms with van der Waals surface area (Å²) in [5.41, 5.74) is 1.67. The van der Waals surface area contributed by atoms with Gasteiger partial charge in [0.2, 0.25) is 0 Å². The van der Waals surface area contributed by atoms with E-state index in [0.29, 0.717) is 39.2 Å². The quantitative estimate of drug-likeness (QED) is 0.501. The first-order valence-electron chi connectivity index (χ1n) is 8.30. The zero-order chi connectivity index (χ0) is 19.3. The van der Waals surface area contributed by atoms with E-state index in [4.69, 9.17) is 14.4 Å². The Labute approximate surface area is 164 Å². The van der Waals surface area contributed by atoms with Crippen molar-refractivity contribution < 1.29 is 13.9 Å². The van der Waals surface area contributed by atoms with Crippen LogP contribution < -0.4 is 10.1 Å². The number of thiazole rings is 1. The van der Waals surface area contributed by atoms with Crippen molar-refractivity contribution in [2.45, 2.75) is 0 Å². The third-order valence-electron chi connectivity index (χ3n) is 3.81. The van der Waals surface area contributed by atoms with Crippen LogP contribution in [0.1, 0.15) is 15.9 Å². The number of rotatable bonds is 5. The van der Waals surface area contributed by atoms with Gasteiger partial charge in [-0.3, -0.25) is 10.1 Å². The summed E-state index contributed by atoms with van der Waals surface area (Å²) in [5.74, 6) is 1.47. The number of nitriles is 1. The molecule has 0 spiro atoms. The Hall–Kier alpha value is -3.89. The molecule has 1 N–H and O–H groups in total. The summed E-state index contributed by atoms with van der Waals surface area (Å²) in [4.78, 5) is 16.9. The lowest BCUT2D eigenvalue weighted by molar-refractivity contribution is 0.102. The smallest absolute Gasteiger partial charge is 0.257 e. The summed E-state index contributed by atoms with van der Waals surface area (Å²) in [6, 6.07) is 19.2. The predicted octanol–water partition coefficient (Wildman–Crippen LogP) is 5.32. The van der Waals surface area contributed by atoms with Gasteiger partial charge in [-0.1, -0.05) is 6.07 Å². The largest absolute Gasteiger partial charge is 0.463 e. The Morgan fingerprint density at radius 2 is 1.96 bits per heavy atom. The molecule has 6 nitrogen and oxygen atoms in total. The molecule has 1 amide bonds. The summed E-state index contributed by atoms with van der Waals surface area (Å²) in [7, 11) is 0. The highest BCUT2D eigenvalue weighted by molar-refractivity contribution is 7.14. The van der Waals surface area contributed by atoms with Gasteiger partial charge in [-0.15, -0.1) is 11.3 Å². The van der Waals surface area contributed by atoms with Crippen molar-refractivity contribution in [3.05, 3.63) is 83.4 Å². The number of hydrogen-bond acceptors (Lipinski definition) is 6. The molecule has 136 valence electrons. The average molecular weight is 387 g/mol. The number of benzene rings is 2. The van der Waals surface area contributed by atoms with E-state index in [-0.39, 0.29) is 5.91 Å². The van der Waals surface area contributed by atoms with Crippen molar-refractivity contribution in [1.29, 1.82) is 5.26 Å². The minimum atomic E-state index is -0.286. The van der Waals surface area contributed by atoms with Gasteiger partial charge in [-0.2, -0.15) is 5.26 Å². The number of ether oxygens (including phenoxy) is 1. The third kappa shape index (κ3) is 3.92. The summed E-state index contributed by atoms with van der Waals surface area (Å²) < 4.78 is 11.1. The molecule has 7 heteroatoms. The van der Waals surface area contributed by atoms with Crippen molar-refractivity contribution in [3.8, 4) is 29.0 Å². The van der Waals surface area contributed by atoms with E-state index in [1.165, 1.54) is 11.3 Å². The second kappa shape index (κ2) is 7.78. The van der Waals surface area contributed by atoms with Crippen LogP contribution in [0.2, 0.25) is 0 Å². The molecule has 2 aromatic heterocycles. The molecule has 0 bridgehead atoms. The van der Waals surface area contributed by atoms with Gasteiger partial charge >= 0.3 is 0 Å². The van der Waals surface area contributed by atoms with Crippen molar-refractivity contribution in [3.63, 3.8) is 0 Å². The zero-order valence-corrected chi connectivity index (χ0v) is 15.3. The Morgan fingerprint density at radius 1 is 1.11 bits per heavy atom. The maximum Gasteiger partial charge on any atom is 0.257 e. The van der Waals surface area contributed by atoms with Gasteiger partial charge < -0.3 is 9.15 Å². The molecular weight excluding hydrogens is 374 g/mol.